The molecule has 0 aliphatic heterocycles. The second kappa shape index (κ2) is 3.95. The van der Waals surface area contributed by atoms with E-state index < -0.39 is 0 Å². The molecule has 0 radical (unpaired) electrons. The van der Waals surface area contributed by atoms with E-state index in [2.05, 4.69) is 20.6 Å². The molecule has 1 amide bonds. The summed E-state index contributed by atoms with van der Waals surface area (Å²) in [5, 5.41) is 13.1. The number of hydrogen-bond acceptors (Lipinski definition) is 3. The topological polar surface area (TPSA) is 75.6 Å². The lowest BCUT2D eigenvalue weighted by atomic mass is 10.3. The quantitative estimate of drug-likeness (QED) is 0.744. The van der Waals surface area contributed by atoms with Crippen molar-refractivity contribution in [1.29, 1.82) is 0 Å². The summed E-state index contributed by atoms with van der Waals surface area (Å²) in [4.78, 5) is 11.5. The van der Waals surface area contributed by atoms with Crippen LogP contribution >= 0.6 is 0 Å². The predicted octanol–water partition coefficient (Wildman–Crippen LogP) is 0.0732. The van der Waals surface area contributed by atoms with Crippen molar-refractivity contribution in [3.63, 3.8) is 0 Å². The normalized spacial score (nSPS) is 10.2. The van der Waals surface area contributed by atoms with Crippen molar-refractivity contribution in [2.75, 3.05) is 0 Å². The summed E-state index contributed by atoms with van der Waals surface area (Å²) in [5.41, 5.74) is 1.48. The van der Waals surface area contributed by atoms with Crippen LogP contribution in [0.1, 0.15) is 16.1 Å². The fraction of sp³-hybridized carbons (Fsp3) is 0.222. The van der Waals surface area contributed by atoms with E-state index in [4.69, 9.17) is 0 Å². The van der Waals surface area contributed by atoms with Gasteiger partial charge in [-0.3, -0.25) is 14.6 Å². The minimum Gasteiger partial charge on any atom is -0.346 e. The van der Waals surface area contributed by atoms with Crippen LogP contribution < -0.4 is 5.32 Å². The number of nitrogens with zero attached hydrogens (tertiary/aromatic N) is 3. The Labute approximate surface area is 86.3 Å². The molecule has 0 atom stereocenters. The van der Waals surface area contributed by atoms with Crippen molar-refractivity contribution in [1.82, 2.24) is 25.3 Å². The zero-order valence-electron chi connectivity index (χ0n) is 8.27. The van der Waals surface area contributed by atoms with Crippen LogP contribution in [-0.2, 0) is 13.6 Å². The average molecular weight is 205 g/mol. The summed E-state index contributed by atoms with van der Waals surface area (Å²) >= 11 is 0. The Kier molecular flexibility index (Phi) is 2.49. The van der Waals surface area contributed by atoms with Gasteiger partial charge in [-0.1, -0.05) is 0 Å². The van der Waals surface area contributed by atoms with Crippen molar-refractivity contribution in [2.45, 2.75) is 6.54 Å². The molecular formula is C9H11N5O. The number of H-pyrrole nitrogens is 1. The number of aryl methyl sites for hydroxylation is 1. The Morgan fingerprint density at radius 2 is 2.53 bits per heavy atom. The maximum Gasteiger partial charge on any atom is 0.254 e. The molecule has 2 heterocycles. The zero-order chi connectivity index (χ0) is 10.7. The highest BCUT2D eigenvalue weighted by Gasteiger charge is 2.06. The number of aromatic amines is 1. The monoisotopic (exact) mass is 205 g/mol. The zero-order valence-corrected chi connectivity index (χ0v) is 8.27. The third-order valence-corrected chi connectivity index (χ3v) is 2.11. The molecule has 6 heteroatoms. The van der Waals surface area contributed by atoms with E-state index in [0.29, 0.717) is 12.1 Å². The lowest BCUT2D eigenvalue weighted by Crippen LogP contribution is -2.23. The highest BCUT2D eigenvalue weighted by molar-refractivity contribution is 5.93. The van der Waals surface area contributed by atoms with Crippen molar-refractivity contribution in [3.8, 4) is 0 Å². The van der Waals surface area contributed by atoms with Gasteiger partial charge in [-0.15, -0.1) is 0 Å². The van der Waals surface area contributed by atoms with Gasteiger partial charge in [-0.05, 0) is 6.07 Å². The van der Waals surface area contributed by atoms with Crippen LogP contribution in [-0.4, -0.2) is 25.9 Å². The van der Waals surface area contributed by atoms with Gasteiger partial charge in [0.1, 0.15) is 0 Å². The van der Waals surface area contributed by atoms with E-state index in [1.165, 1.54) is 6.20 Å². The number of amides is 1. The lowest BCUT2D eigenvalue weighted by Gasteiger charge is -2.03. The first kappa shape index (κ1) is 9.45. The first-order chi connectivity index (χ1) is 7.27. The predicted molar refractivity (Wildman–Crippen MR) is 53.0 cm³/mol. The molecule has 0 fully saturated rings. The summed E-state index contributed by atoms with van der Waals surface area (Å²) in [6.07, 6.45) is 4.73. The molecule has 15 heavy (non-hydrogen) atoms. The SMILES string of the molecule is Cn1nccc1CNC(=O)c1cn[nH]c1. The van der Waals surface area contributed by atoms with Crippen molar-refractivity contribution >= 4 is 5.91 Å². The van der Waals surface area contributed by atoms with Gasteiger partial charge in [0.15, 0.2) is 0 Å². The largest absolute Gasteiger partial charge is 0.346 e. The van der Waals surface area contributed by atoms with Crippen LogP contribution in [0.3, 0.4) is 0 Å². The molecule has 0 unspecified atom stereocenters. The standard InChI is InChI=1S/C9H11N5O/c1-14-8(2-3-13-14)6-10-9(15)7-4-11-12-5-7/h2-5H,6H2,1H3,(H,10,15)(H,11,12). The fourth-order valence-electron chi connectivity index (χ4n) is 1.22. The van der Waals surface area contributed by atoms with Gasteiger partial charge >= 0.3 is 0 Å². The molecule has 2 N–H and O–H groups in total. The Balaban J connectivity index is 1.95. The Morgan fingerprint density at radius 1 is 1.67 bits per heavy atom. The number of carbonyl (C=O) groups is 1. The highest BCUT2D eigenvalue weighted by Crippen LogP contribution is 1.97. The third-order valence-electron chi connectivity index (χ3n) is 2.11. The molecule has 2 aromatic heterocycles. The maximum atomic E-state index is 11.5. The Hall–Kier alpha value is -2.11. The van der Waals surface area contributed by atoms with Crippen LogP contribution in [0.25, 0.3) is 0 Å². The maximum absolute atomic E-state index is 11.5. The lowest BCUT2D eigenvalue weighted by molar-refractivity contribution is 0.0950. The summed E-state index contributed by atoms with van der Waals surface area (Å²) in [6, 6.07) is 1.86. The van der Waals surface area contributed by atoms with Gasteiger partial charge in [0.2, 0.25) is 0 Å². The van der Waals surface area contributed by atoms with Gasteiger partial charge in [-0.25, -0.2) is 0 Å². The number of carbonyl (C=O) groups excluding carboxylic acids is 1. The average Bonchev–Trinajstić information content (AvgIpc) is 2.85. The highest BCUT2D eigenvalue weighted by atomic mass is 16.1. The van der Waals surface area contributed by atoms with E-state index in [1.807, 2.05) is 13.1 Å². The van der Waals surface area contributed by atoms with E-state index >= 15 is 0 Å². The Morgan fingerprint density at radius 3 is 3.13 bits per heavy atom. The van der Waals surface area contributed by atoms with Crippen molar-refractivity contribution in [2.24, 2.45) is 7.05 Å². The molecule has 0 bridgehead atoms. The number of hydrogen-bond donors (Lipinski definition) is 2. The van der Waals surface area contributed by atoms with Crippen LogP contribution in [0, 0.1) is 0 Å². The van der Waals surface area contributed by atoms with Gasteiger partial charge < -0.3 is 5.32 Å². The molecule has 6 nitrogen and oxygen atoms in total. The van der Waals surface area contributed by atoms with Crippen molar-refractivity contribution in [3.05, 3.63) is 35.9 Å². The van der Waals surface area contributed by atoms with Gasteiger partial charge in [-0.2, -0.15) is 10.2 Å². The molecular weight excluding hydrogens is 194 g/mol. The first-order valence-corrected chi connectivity index (χ1v) is 4.51. The van der Waals surface area contributed by atoms with E-state index in [1.54, 1.807) is 17.1 Å². The van der Waals surface area contributed by atoms with Crippen LogP contribution in [0.15, 0.2) is 24.7 Å². The summed E-state index contributed by atoms with van der Waals surface area (Å²) in [7, 11) is 1.83. The summed E-state index contributed by atoms with van der Waals surface area (Å²) in [6.45, 7) is 0.459. The van der Waals surface area contributed by atoms with Crippen LogP contribution in [0.4, 0.5) is 0 Å². The molecule has 0 aromatic carbocycles. The fourth-order valence-corrected chi connectivity index (χ4v) is 1.22. The second-order valence-electron chi connectivity index (χ2n) is 3.12. The summed E-state index contributed by atoms with van der Waals surface area (Å²) < 4.78 is 1.72. The second-order valence-corrected chi connectivity index (χ2v) is 3.12. The van der Waals surface area contributed by atoms with Gasteiger partial charge in [0, 0.05) is 19.4 Å². The molecule has 0 saturated carbocycles. The van der Waals surface area contributed by atoms with E-state index in [9.17, 15) is 4.79 Å². The minimum absolute atomic E-state index is 0.148. The smallest absolute Gasteiger partial charge is 0.254 e. The minimum atomic E-state index is -0.148. The molecule has 2 rings (SSSR count). The first-order valence-electron chi connectivity index (χ1n) is 4.51. The van der Waals surface area contributed by atoms with E-state index in [-0.39, 0.29) is 5.91 Å². The third kappa shape index (κ3) is 2.04. The Bertz CT molecular complexity index is 445. The molecule has 0 aliphatic carbocycles. The molecule has 2 aromatic rings. The van der Waals surface area contributed by atoms with Gasteiger partial charge in [0.25, 0.3) is 5.91 Å². The van der Waals surface area contributed by atoms with Crippen LogP contribution in [0.2, 0.25) is 0 Å². The number of rotatable bonds is 3. The number of aromatic nitrogens is 4. The summed E-state index contributed by atoms with van der Waals surface area (Å²) in [5.74, 6) is -0.148. The number of nitrogens with one attached hydrogen (secondary N) is 2. The molecule has 0 saturated heterocycles. The van der Waals surface area contributed by atoms with Crippen LogP contribution in [0.5, 0.6) is 0 Å². The van der Waals surface area contributed by atoms with E-state index in [0.717, 1.165) is 5.69 Å². The molecule has 0 aliphatic rings. The molecule has 78 valence electrons. The molecule has 0 spiro atoms. The van der Waals surface area contributed by atoms with Crippen molar-refractivity contribution < 1.29 is 4.79 Å². The van der Waals surface area contributed by atoms with Gasteiger partial charge in [0.05, 0.1) is 24.0 Å².